The molecule has 0 saturated carbocycles. The highest BCUT2D eigenvalue weighted by Gasteiger charge is 2.53. The maximum absolute atomic E-state index is 12.7. The molecule has 0 aliphatic heterocycles. The molecule has 1 amide bonds. The van der Waals surface area contributed by atoms with Crippen LogP contribution in [0.4, 0.5) is 4.79 Å². The summed E-state index contributed by atoms with van der Waals surface area (Å²) in [4.78, 5) is 35.9. The van der Waals surface area contributed by atoms with Crippen molar-refractivity contribution in [2.75, 3.05) is 6.54 Å². The number of carboxylic acid groups (broad SMARTS) is 1. The number of fused-ring (bicyclic) bond motifs is 3. The topological polar surface area (TPSA) is 125 Å². The summed E-state index contributed by atoms with van der Waals surface area (Å²) in [6, 6.07) is 11.6. The second-order valence-electron chi connectivity index (χ2n) is 7.70. The lowest BCUT2D eigenvalue weighted by Crippen LogP contribution is -2.48. The molecule has 4 rings (SSSR count). The normalized spacial score (nSPS) is 24.8. The van der Waals surface area contributed by atoms with Gasteiger partial charge in [-0.1, -0.05) is 37.3 Å². The Labute approximate surface area is 172 Å². The van der Waals surface area contributed by atoms with Gasteiger partial charge in [0.25, 0.3) is 5.91 Å². The molecule has 2 aliphatic carbocycles. The summed E-state index contributed by atoms with van der Waals surface area (Å²) in [6.45, 7) is 1.45. The molecule has 2 aromatic rings. The van der Waals surface area contributed by atoms with Crippen molar-refractivity contribution in [2.45, 2.75) is 25.2 Å². The number of Topliss-reactive ketones (excluding diaryl/α,β-unsaturated/α-hetero) is 1. The van der Waals surface area contributed by atoms with Crippen LogP contribution in [0.2, 0.25) is 0 Å². The minimum Gasteiger partial charge on any atom is -0.465 e. The zero-order valence-corrected chi connectivity index (χ0v) is 16.3. The van der Waals surface area contributed by atoms with Crippen LogP contribution in [-0.2, 0) is 16.6 Å². The van der Waals surface area contributed by atoms with Crippen molar-refractivity contribution in [2.24, 2.45) is 11.8 Å². The Kier molecular flexibility index (Phi) is 4.74. The van der Waals surface area contributed by atoms with Gasteiger partial charge in [0, 0.05) is 12.1 Å². The summed E-state index contributed by atoms with van der Waals surface area (Å²) in [7, 11) is 0. The molecule has 1 unspecified atom stereocenters. The Balaban J connectivity index is 1.91. The number of allylic oxidation sites excluding steroid dienone is 2. The molecule has 0 radical (unpaired) electrons. The second kappa shape index (κ2) is 7.26. The van der Waals surface area contributed by atoms with Crippen molar-refractivity contribution in [3.05, 3.63) is 65.0 Å². The van der Waals surface area contributed by atoms with Crippen LogP contribution in [-0.4, -0.2) is 39.2 Å². The quantitative estimate of drug-likeness (QED) is 0.809. The lowest BCUT2D eigenvalue weighted by Gasteiger charge is -2.46. The maximum atomic E-state index is 12.7. The van der Waals surface area contributed by atoms with Gasteiger partial charge >= 0.3 is 6.09 Å². The van der Waals surface area contributed by atoms with Crippen molar-refractivity contribution in [1.82, 2.24) is 15.1 Å². The van der Waals surface area contributed by atoms with Crippen LogP contribution in [0, 0.1) is 23.2 Å². The SMILES string of the molecule is C[C@@H]1C(=O)C(C#N)=C[C@]2(c3ccccc3)c3nn(C(=O)CNC(=O)O)cc3CCC12. The monoisotopic (exact) mass is 404 g/mol. The summed E-state index contributed by atoms with van der Waals surface area (Å²) >= 11 is 0. The van der Waals surface area contributed by atoms with Crippen molar-refractivity contribution < 1.29 is 19.5 Å². The Morgan fingerprint density at radius 2 is 2.10 bits per heavy atom. The van der Waals surface area contributed by atoms with Gasteiger partial charge in [-0.3, -0.25) is 9.59 Å². The molecule has 152 valence electrons. The molecule has 8 nitrogen and oxygen atoms in total. The van der Waals surface area contributed by atoms with Gasteiger partial charge in [-0.2, -0.15) is 10.4 Å². The van der Waals surface area contributed by atoms with E-state index in [0.717, 1.165) is 15.8 Å². The summed E-state index contributed by atoms with van der Waals surface area (Å²) in [5, 5.41) is 25.0. The third-order valence-corrected chi connectivity index (χ3v) is 6.16. The van der Waals surface area contributed by atoms with E-state index in [1.165, 1.54) is 0 Å². The van der Waals surface area contributed by atoms with Crippen LogP contribution >= 0.6 is 0 Å². The molecular formula is C22H20N4O4. The first kappa shape index (κ1) is 19.6. The third kappa shape index (κ3) is 2.90. The van der Waals surface area contributed by atoms with E-state index in [1.807, 2.05) is 43.3 Å². The number of nitriles is 1. The van der Waals surface area contributed by atoms with E-state index in [-0.39, 0.29) is 23.2 Å². The number of aromatic nitrogens is 2. The van der Waals surface area contributed by atoms with Gasteiger partial charge in [0.05, 0.1) is 16.7 Å². The zero-order valence-electron chi connectivity index (χ0n) is 16.3. The number of nitrogens with zero attached hydrogens (tertiary/aromatic N) is 3. The van der Waals surface area contributed by atoms with Gasteiger partial charge in [-0.25, -0.2) is 9.48 Å². The van der Waals surface area contributed by atoms with E-state index < -0.39 is 24.0 Å². The Hall–Kier alpha value is -3.73. The Morgan fingerprint density at radius 1 is 1.37 bits per heavy atom. The van der Waals surface area contributed by atoms with E-state index in [1.54, 1.807) is 12.3 Å². The van der Waals surface area contributed by atoms with Gasteiger partial charge in [0.15, 0.2) is 5.78 Å². The van der Waals surface area contributed by atoms with E-state index in [2.05, 4.69) is 10.4 Å². The number of rotatable bonds is 3. The average molecular weight is 404 g/mol. The number of hydrogen-bond acceptors (Lipinski definition) is 5. The van der Waals surface area contributed by atoms with E-state index in [4.69, 9.17) is 5.11 Å². The van der Waals surface area contributed by atoms with Crippen LogP contribution in [0.15, 0.2) is 48.2 Å². The third-order valence-electron chi connectivity index (χ3n) is 6.16. The summed E-state index contributed by atoms with van der Waals surface area (Å²) < 4.78 is 1.16. The smallest absolute Gasteiger partial charge is 0.405 e. The van der Waals surface area contributed by atoms with Gasteiger partial charge in [0.2, 0.25) is 0 Å². The van der Waals surface area contributed by atoms with Crippen LogP contribution in [0.5, 0.6) is 0 Å². The van der Waals surface area contributed by atoms with Crippen molar-refractivity contribution in [3.63, 3.8) is 0 Å². The first-order valence-electron chi connectivity index (χ1n) is 9.70. The van der Waals surface area contributed by atoms with E-state index in [0.29, 0.717) is 18.5 Å². The molecule has 8 heteroatoms. The zero-order chi connectivity index (χ0) is 21.5. The molecule has 30 heavy (non-hydrogen) atoms. The fraction of sp³-hybridized carbons (Fsp3) is 0.318. The van der Waals surface area contributed by atoms with Crippen LogP contribution in [0.3, 0.4) is 0 Å². The molecule has 2 N–H and O–H groups in total. The fourth-order valence-corrected chi connectivity index (χ4v) is 4.80. The molecule has 0 spiro atoms. The predicted octanol–water partition coefficient (Wildman–Crippen LogP) is 2.31. The summed E-state index contributed by atoms with van der Waals surface area (Å²) in [5.41, 5.74) is 1.70. The molecule has 2 aliphatic rings. The molecule has 3 atom stereocenters. The summed E-state index contributed by atoms with van der Waals surface area (Å²) in [5.74, 6) is -1.14. The summed E-state index contributed by atoms with van der Waals surface area (Å²) in [6.07, 6.45) is 3.40. The van der Waals surface area contributed by atoms with E-state index in [9.17, 15) is 19.6 Å². The first-order valence-corrected chi connectivity index (χ1v) is 9.70. The van der Waals surface area contributed by atoms with Gasteiger partial charge in [-0.15, -0.1) is 0 Å². The maximum Gasteiger partial charge on any atom is 0.405 e. The number of carbonyl (C=O) groups is 3. The Bertz CT molecular complexity index is 1110. The highest BCUT2D eigenvalue weighted by Crippen LogP contribution is 2.53. The van der Waals surface area contributed by atoms with Crippen LogP contribution in [0.1, 0.15) is 35.0 Å². The van der Waals surface area contributed by atoms with Crippen molar-refractivity contribution in [1.29, 1.82) is 5.26 Å². The minimum atomic E-state index is -1.29. The van der Waals surface area contributed by atoms with Crippen LogP contribution in [0.25, 0.3) is 0 Å². The molecule has 1 heterocycles. The largest absolute Gasteiger partial charge is 0.465 e. The fourth-order valence-electron chi connectivity index (χ4n) is 4.80. The lowest BCUT2D eigenvalue weighted by molar-refractivity contribution is -0.121. The van der Waals surface area contributed by atoms with Gasteiger partial charge < -0.3 is 10.4 Å². The van der Waals surface area contributed by atoms with Crippen molar-refractivity contribution in [3.8, 4) is 6.07 Å². The van der Waals surface area contributed by atoms with Gasteiger partial charge in [-0.05, 0) is 36.0 Å². The second-order valence-corrected chi connectivity index (χ2v) is 7.70. The molecule has 0 fully saturated rings. The molecule has 0 bridgehead atoms. The van der Waals surface area contributed by atoms with Gasteiger partial charge in [0.1, 0.15) is 12.6 Å². The highest BCUT2D eigenvalue weighted by molar-refractivity contribution is 6.02. The number of hydrogen-bond donors (Lipinski definition) is 2. The minimum absolute atomic E-state index is 0.101. The molecule has 1 aromatic carbocycles. The lowest BCUT2D eigenvalue weighted by atomic mass is 9.54. The average Bonchev–Trinajstić information content (AvgIpc) is 3.20. The molecular weight excluding hydrogens is 384 g/mol. The van der Waals surface area contributed by atoms with Crippen LogP contribution < -0.4 is 5.32 Å². The number of benzene rings is 1. The number of ketones is 1. The number of nitrogens with one attached hydrogen (secondary N) is 1. The number of amides is 1. The predicted molar refractivity (Wildman–Crippen MR) is 106 cm³/mol. The molecule has 1 aromatic heterocycles. The van der Waals surface area contributed by atoms with E-state index >= 15 is 0 Å². The number of aryl methyl sites for hydroxylation is 1. The Morgan fingerprint density at radius 3 is 2.77 bits per heavy atom. The van der Waals surface area contributed by atoms with Crippen molar-refractivity contribution >= 4 is 17.8 Å². The standard InChI is InChI=1S/C22H20N4O4/c1-13-17-8-7-14-12-26(18(27)11-24-21(29)30)25-20(14)22(17,9-15(10-23)19(13)28)16-5-3-2-4-6-16/h2-6,9,12-13,17,24H,7-8,11H2,1H3,(H,29,30)/t13-,17?,22+/m0/s1. The number of carbonyl (C=O) groups excluding carboxylic acids is 2. The highest BCUT2D eigenvalue weighted by atomic mass is 16.4. The first-order chi connectivity index (χ1) is 14.4. The molecule has 0 saturated heterocycles.